The van der Waals surface area contributed by atoms with E-state index >= 15 is 0 Å². The van der Waals surface area contributed by atoms with Crippen LogP contribution >= 0.6 is 0 Å². The molecule has 0 aliphatic rings. The lowest BCUT2D eigenvalue weighted by Gasteiger charge is -2.37. The quantitative estimate of drug-likeness (QED) is 0.547. The number of rotatable bonds is 10. The predicted molar refractivity (Wildman–Crippen MR) is 126 cm³/mol. The van der Waals surface area contributed by atoms with Crippen molar-refractivity contribution in [3.8, 4) is 6.07 Å². The Bertz CT molecular complexity index is 903. The largest absolute Gasteiger partial charge is 0.481 e. The smallest absolute Gasteiger partial charge is 0.314 e. The highest BCUT2D eigenvalue weighted by Crippen LogP contribution is 2.34. The van der Waals surface area contributed by atoms with Gasteiger partial charge in [-0.25, -0.2) is 0 Å². The second-order valence-electron chi connectivity index (χ2n) is 9.41. The van der Waals surface area contributed by atoms with Gasteiger partial charge in [-0.2, -0.15) is 5.26 Å². The van der Waals surface area contributed by atoms with Crippen molar-refractivity contribution < 1.29 is 9.90 Å². The highest BCUT2D eigenvalue weighted by molar-refractivity contribution is 5.81. The summed E-state index contributed by atoms with van der Waals surface area (Å²) < 4.78 is 0. The number of carbonyl (C=O) groups is 1. The molecule has 0 unspecified atom stereocenters. The van der Waals surface area contributed by atoms with Crippen LogP contribution in [0.3, 0.4) is 0 Å². The SMILES string of the molecule is Cc1ccc([C@](C)(C#N)CC[C@H](C)N(C)C[C@@H](C)[C@@](C)(C(=O)O)c2ccccc2)cc1. The fourth-order valence-electron chi connectivity index (χ4n) is 4.10. The van der Waals surface area contributed by atoms with E-state index in [-0.39, 0.29) is 12.0 Å². The molecule has 0 saturated heterocycles. The predicted octanol–water partition coefficient (Wildman–Crippen LogP) is 5.56. The highest BCUT2D eigenvalue weighted by Gasteiger charge is 2.41. The zero-order valence-corrected chi connectivity index (χ0v) is 19.7. The first-order valence-electron chi connectivity index (χ1n) is 11.0. The third-order valence-electron chi connectivity index (χ3n) is 7.12. The van der Waals surface area contributed by atoms with Gasteiger partial charge >= 0.3 is 5.97 Å². The summed E-state index contributed by atoms with van der Waals surface area (Å²) in [7, 11) is 2.05. The van der Waals surface area contributed by atoms with Crippen LogP contribution in [0, 0.1) is 24.2 Å². The Morgan fingerprint density at radius 1 is 1.06 bits per heavy atom. The standard InChI is InChI=1S/C27H36N2O2/c1-20-12-14-23(15-13-20)26(4,19-28)17-16-22(3)29(6)18-21(2)27(5,25(30)31)24-10-8-7-9-11-24/h7-15,21-22H,16-18H2,1-6H3,(H,30,31)/t21-,22+,26+,27-/m1/s1. The van der Waals surface area contributed by atoms with Gasteiger partial charge in [-0.3, -0.25) is 4.79 Å². The van der Waals surface area contributed by atoms with E-state index in [1.165, 1.54) is 5.56 Å². The Kier molecular flexibility index (Phi) is 8.03. The maximum absolute atomic E-state index is 12.2. The van der Waals surface area contributed by atoms with Crippen LogP contribution in [0.5, 0.6) is 0 Å². The number of aryl methyl sites for hydroxylation is 1. The summed E-state index contributed by atoms with van der Waals surface area (Å²) in [5.74, 6) is -0.886. The van der Waals surface area contributed by atoms with E-state index in [0.29, 0.717) is 6.54 Å². The summed E-state index contributed by atoms with van der Waals surface area (Å²) >= 11 is 0. The topological polar surface area (TPSA) is 64.3 Å². The Hall–Kier alpha value is -2.64. The molecule has 0 amide bonds. The van der Waals surface area contributed by atoms with Gasteiger partial charge in [-0.1, -0.05) is 67.1 Å². The molecule has 166 valence electrons. The molecule has 0 aromatic heterocycles. The van der Waals surface area contributed by atoms with Crippen molar-refractivity contribution in [2.45, 2.75) is 64.3 Å². The summed E-state index contributed by atoms with van der Waals surface area (Å²) in [6.07, 6.45) is 1.61. The Balaban J connectivity index is 2.07. The van der Waals surface area contributed by atoms with Crippen LogP contribution in [0.4, 0.5) is 0 Å². The summed E-state index contributed by atoms with van der Waals surface area (Å²) in [4.78, 5) is 14.5. The zero-order valence-electron chi connectivity index (χ0n) is 19.7. The molecule has 31 heavy (non-hydrogen) atoms. The van der Waals surface area contributed by atoms with Gasteiger partial charge in [0.2, 0.25) is 0 Å². The Labute approximate surface area is 187 Å². The molecular formula is C27H36N2O2. The van der Waals surface area contributed by atoms with Crippen molar-refractivity contribution in [2.24, 2.45) is 5.92 Å². The molecule has 2 aromatic rings. The Morgan fingerprint density at radius 2 is 1.65 bits per heavy atom. The second-order valence-corrected chi connectivity index (χ2v) is 9.41. The average Bonchev–Trinajstić information content (AvgIpc) is 2.77. The minimum absolute atomic E-state index is 0.0840. The minimum atomic E-state index is -0.960. The number of carboxylic acid groups (broad SMARTS) is 1. The van der Waals surface area contributed by atoms with Gasteiger partial charge in [-0.05, 0) is 64.6 Å². The average molecular weight is 421 g/mol. The fraction of sp³-hybridized carbons (Fsp3) is 0.481. The van der Waals surface area contributed by atoms with Crippen LogP contribution in [-0.4, -0.2) is 35.6 Å². The zero-order chi connectivity index (χ0) is 23.2. The first-order valence-corrected chi connectivity index (χ1v) is 11.0. The molecule has 1 N–H and O–H groups in total. The molecule has 4 heteroatoms. The monoisotopic (exact) mass is 420 g/mol. The van der Waals surface area contributed by atoms with E-state index in [0.717, 1.165) is 24.0 Å². The number of hydrogen-bond donors (Lipinski definition) is 1. The lowest BCUT2D eigenvalue weighted by molar-refractivity contribution is -0.145. The molecule has 0 radical (unpaired) electrons. The molecule has 0 heterocycles. The number of aliphatic carboxylic acids is 1. The number of benzene rings is 2. The molecule has 0 saturated carbocycles. The van der Waals surface area contributed by atoms with Gasteiger partial charge in [0.15, 0.2) is 0 Å². The molecule has 2 aromatic carbocycles. The van der Waals surface area contributed by atoms with Crippen molar-refractivity contribution >= 4 is 5.97 Å². The third-order valence-corrected chi connectivity index (χ3v) is 7.12. The summed E-state index contributed by atoms with van der Waals surface area (Å²) in [5.41, 5.74) is 1.57. The number of nitriles is 1. The van der Waals surface area contributed by atoms with Gasteiger partial charge in [0.25, 0.3) is 0 Å². The van der Waals surface area contributed by atoms with Gasteiger partial charge in [0, 0.05) is 12.6 Å². The van der Waals surface area contributed by atoms with Crippen LogP contribution < -0.4 is 0 Å². The van der Waals surface area contributed by atoms with Crippen molar-refractivity contribution in [3.63, 3.8) is 0 Å². The van der Waals surface area contributed by atoms with Gasteiger partial charge in [-0.15, -0.1) is 0 Å². The maximum atomic E-state index is 12.2. The molecule has 4 atom stereocenters. The molecule has 0 aliphatic carbocycles. The Morgan fingerprint density at radius 3 is 2.16 bits per heavy atom. The molecule has 2 rings (SSSR count). The van der Waals surface area contributed by atoms with E-state index in [1.54, 1.807) is 0 Å². The number of nitrogens with zero attached hydrogens (tertiary/aromatic N) is 2. The van der Waals surface area contributed by atoms with Crippen LogP contribution in [0.15, 0.2) is 54.6 Å². The van der Waals surface area contributed by atoms with Crippen LogP contribution in [-0.2, 0) is 15.6 Å². The first-order chi connectivity index (χ1) is 14.5. The normalized spacial score (nSPS) is 17.2. The van der Waals surface area contributed by atoms with Crippen LogP contribution in [0.2, 0.25) is 0 Å². The van der Waals surface area contributed by atoms with E-state index in [2.05, 4.69) is 30.0 Å². The molecule has 0 fully saturated rings. The fourth-order valence-corrected chi connectivity index (χ4v) is 4.10. The highest BCUT2D eigenvalue weighted by atomic mass is 16.4. The number of hydrogen-bond acceptors (Lipinski definition) is 3. The van der Waals surface area contributed by atoms with E-state index in [4.69, 9.17) is 0 Å². The molecule has 4 nitrogen and oxygen atoms in total. The van der Waals surface area contributed by atoms with Gasteiger partial charge in [0.05, 0.1) is 16.9 Å². The van der Waals surface area contributed by atoms with Crippen LogP contribution in [0.1, 0.15) is 57.2 Å². The molecule has 0 aliphatic heterocycles. The summed E-state index contributed by atoms with van der Waals surface area (Å²) in [6, 6.07) is 20.4. The maximum Gasteiger partial charge on any atom is 0.314 e. The first kappa shape index (κ1) is 24.6. The summed E-state index contributed by atoms with van der Waals surface area (Å²) in [6.45, 7) is 10.7. The molecule has 0 bridgehead atoms. The molecular weight excluding hydrogens is 384 g/mol. The summed E-state index contributed by atoms with van der Waals surface area (Å²) in [5, 5.41) is 19.9. The van der Waals surface area contributed by atoms with E-state index < -0.39 is 16.8 Å². The van der Waals surface area contributed by atoms with E-state index in [1.807, 2.05) is 77.2 Å². The van der Waals surface area contributed by atoms with Crippen LogP contribution in [0.25, 0.3) is 0 Å². The molecule has 0 spiro atoms. The minimum Gasteiger partial charge on any atom is -0.481 e. The van der Waals surface area contributed by atoms with E-state index in [9.17, 15) is 15.2 Å². The van der Waals surface area contributed by atoms with Crippen molar-refractivity contribution in [2.75, 3.05) is 13.6 Å². The third kappa shape index (κ3) is 5.54. The van der Waals surface area contributed by atoms with Gasteiger partial charge in [0.1, 0.15) is 0 Å². The lowest BCUT2D eigenvalue weighted by Crippen LogP contribution is -2.45. The van der Waals surface area contributed by atoms with Crippen molar-refractivity contribution in [3.05, 3.63) is 71.3 Å². The second kappa shape index (κ2) is 10.1. The van der Waals surface area contributed by atoms with Gasteiger partial charge < -0.3 is 10.0 Å². The number of carboxylic acids is 1. The van der Waals surface area contributed by atoms with Crippen molar-refractivity contribution in [1.82, 2.24) is 4.90 Å². The van der Waals surface area contributed by atoms with Crippen molar-refractivity contribution in [1.29, 1.82) is 5.26 Å². The lowest BCUT2D eigenvalue weighted by atomic mass is 9.72.